The minimum atomic E-state index is -0.500. The first-order valence-corrected chi connectivity index (χ1v) is 11.2. The van der Waals surface area contributed by atoms with Crippen LogP contribution in [-0.4, -0.2) is 9.97 Å². The maximum absolute atomic E-state index is 4.63. The van der Waals surface area contributed by atoms with Gasteiger partial charge in [0.1, 0.15) is 0 Å². The van der Waals surface area contributed by atoms with Crippen molar-refractivity contribution in [2.45, 2.75) is 0 Å². The molecule has 0 saturated heterocycles. The second-order valence-corrected chi connectivity index (χ2v) is 9.73. The van der Waals surface area contributed by atoms with E-state index < -0.39 is 17.7 Å². The molecular formula is C18H12IrN2S2. The fourth-order valence-corrected chi connectivity index (χ4v) is 7.11. The zero-order valence-corrected chi connectivity index (χ0v) is 16.0. The maximum atomic E-state index is 4.63. The Balaban J connectivity index is 1.76. The van der Waals surface area contributed by atoms with Gasteiger partial charge in [0, 0.05) is 0 Å². The topological polar surface area (TPSA) is 25.8 Å². The summed E-state index contributed by atoms with van der Waals surface area (Å²) in [6, 6.07) is 17.0. The van der Waals surface area contributed by atoms with Gasteiger partial charge in [-0.1, -0.05) is 0 Å². The van der Waals surface area contributed by atoms with Crippen LogP contribution in [0.5, 0.6) is 0 Å². The molecule has 0 aliphatic heterocycles. The summed E-state index contributed by atoms with van der Waals surface area (Å²) in [5, 5.41) is 4.21. The van der Waals surface area contributed by atoms with Gasteiger partial charge in [0.15, 0.2) is 0 Å². The molecule has 0 amide bonds. The molecule has 0 aliphatic rings. The summed E-state index contributed by atoms with van der Waals surface area (Å²) in [7, 11) is 0. The van der Waals surface area contributed by atoms with Gasteiger partial charge in [-0.25, -0.2) is 0 Å². The first kappa shape index (κ1) is 14.9. The molecule has 4 heterocycles. The van der Waals surface area contributed by atoms with Gasteiger partial charge in [0.05, 0.1) is 0 Å². The normalized spacial score (nSPS) is 11.0. The zero-order valence-electron chi connectivity index (χ0n) is 12.0. The van der Waals surface area contributed by atoms with E-state index in [-0.39, 0.29) is 0 Å². The Hall–Kier alpha value is -1.65. The minimum absolute atomic E-state index is 0.500. The summed E-state index contributed by atoms with van der Waals surface area (Å²) in [5.41, 5.74) is 2.26. The molecule has 0 radical (unpaired) electrons. The van der Waals surface area contributed by atoms with Crippen LogP contribution in [-0.2, 0) is 17.7 Å². The SMILES string of the molecule is c1csc(-c2nccc[c]2[Ir][c]2cccnc2-c2cccs2)c1. The van der Waals surface area contributed by atoms with Crippen LogP contribution in [0.25, 0.3) is 21.1 Å². The Labute approximate surface area is 150 Å². The van der Waals surface area contributed by atoms with E-state index in [0.717, 1.165) is 11.4 Å². The van der Waals surface area contributed by atoms with E-state index in [9.17, 15) is 0 Å². The molecular weight excluding hydrogens is 501 g/mol. The molecule has 2 nitrogen and oxygen atoms in total. The van der Waals surface area contributed by atoms with Crippen LogP contribution in [0, 0.1) is 0 Å². The summed E-state index contributed by atoms with van der Waals surface area (Å²) in [4.78, 5) is 11.8. The molecule has 0 aliphatic carbocycles. The molecule has 0 saturated carbocycles. The molecule has 4 aromatic rings. The third kappa shape index (κ3) is 3.19. The van der Waals surface area contributed by atoms with E-state index in [0.29, 0.717) is 0 Å². The van der Waals surface area contributed by atoms with Crippen molar-refractivity contribution >= 4 is 30.8 Å². The molecule has 4 rings (SSSR count). The molecule has 4 aromatic heterocycles. The number of hydrogen-bond donors (Lipinski definition) is 0. The van der Waals surface area contributed by atoms with Crippen LogP contribution in [0.2, 0.25) is 0 Å². The average Bonchev–Trinajstić information content (AvgIpc) is 3.30. The quantitative estimate of drug-likeness (QED) is 0.414. The summed E-state index contributed by atoms with van der Waals surface area (Å²) >= 11 is 2.99. The van der Waals surface area contributed by atoms with Crippen molar-refractivity contribution in [1.82, 2.24) is 9.97 Å². The molecule has 0 N–H and O–H groups in total. The predicted octanol–water partition coefficient (Wildman–Crippen LogP) is 3.97. The Morgan fingerprint density at radius 3 is 1.61 bits per heavy atom. The molecule has 0 spiro atoms. The van der Waals surface area contributed by atoms with Gasteiger partial charge in [-0.3, -0.25) is 0 Å². The summed E-state index contributed by atoms with van der Waals surface area (Å²) < 4.78 is 2.72. The van der Waals surface area contributed by atoms with Gasteiger partial charge >= 0.3 is 151 Å². The number of hydrogen-bond acceptors (Lipinski definition) is 4. The molecule has 0 atom stereocenters. The van der Waals surface area contributed by atoms with E-state index in [1.54, 1.807) is 22.7 Å². The Kier molecular flexibility index (Phi) is 4.44. The van der Waals surface area contributed by atoms with Crippen LogP contribution < -0.4 is 8.15 Å². The van der Waals surface area contributed by atoms with Gasteiger partial charge in [-0.05, 0) is 0 Å². The summed E-state index contributed by atoms with van der Waals surface area (Å²) in [6.07, 6.45) is 3.77. The van der Waals surface area contributed by atoms with Crippen molar-refractivity contribution in [2.24, 2.45) is 0 Å². The predicted molar refractivity (Wildman–Crippen MR) is 94.4 cm³/mol. The van der Waals surface area contributed by atoms with Crippen molar-refractivity contribution in [3.63, 3.8) is 0 Å². The number of nitrogens with zero attached hydrogens (tertiary/aromatic N) is 2. The number of pyridine rings is 2. The first-order valence-electron chi connectivity index (χ1n) is 7.00. The third-order valence-corrected chi connectivity index (χ3v) is 8.15. The van der Waals surface area contributed by atoms with Crippen molar-refractivity contribution < 1.29 is 17.7 Å². The van der Waals surface area contributed by atoms with Crippen LogP contribution in [0.15, 0.2) is 71.7 Å². The molecule has 115 valence electrons. The van der Waals surface area contributed by atoms with Gasteiger partial charge in [0.25, 0.3) is 0 Å². The molecule has 0 unspecified atom stereocenters. The van der Waals surface area contributed by atoms with E-state index in [4.69, 9.17) is 0 Å². The van der Waals surface area contributed by atoms with Crippen LogP contribution in [0.4, 0.5) is 0 Å². The third-order valence-electron chi connectivity index (χ3n) is 3.17. The Morgan fingerprint density at radius 2 is 1.17 bits per heavy atom. The van der Waals surface area contributed by atoms with Crippen molar-refractivity contribution in [3.8, 4) is 21.1 Å². The summed E-state index contributed by atoms with van der Waals surface area (Å²) in [5.74, 6) is 0. The molecule has 5 heteroatoms. The fraction of sp³-hybridized carbons (Fsp3) is 0. The van der Waals surface area contributed by atoms with Gasteiger partial charge < -0.3 is 0 Å². The van der Waals surface area contributed by atoms with E-state index >= 15 is 0 Å². The van der Waals surface area contributed by atoms with Gasteiger partial charge in [-0.2, -0.15) is 0 Å². The summed E-state index contributed by atoms with van der Waals surface area (Å²) in [6.45, 7) is 0. The Bertz CT molecular complexity index is 827. The second-order valence-electron chi connectivity index (χ2n) is 4.66. The standard InChI is InChI=1S/2C9H6NS.Ir/c2*1-2-6-10-8(4-1)9-5-3-7-11-9;/h2*1-3,5-7H;. The van der Waals surface area contributed by atoms with E-state index in [1.165, 1.54) is 17.9 Å². The van der Waals surface area contributed by atoms with Crippen LogP contribution in [0.3, 0.4) is 0 Å². The van der Waals surface area contributed by atoms with E-state index in [1.807, 2.05) is 24.5 Å². The second kappa shape index (κ2) is 6.85. The van der Waals surface area contributed by atoms with Crippen molar-refractivity contribution in [3.05, 3.63) is 71.7 Å². The van der Waals surface area contributed by atoms with Gasteiger partial charge in [-0.15, -0.1) is 0 Å². The average molecular weight is 513 g/mol. The monoisotopic (exact) mass is 513 g/mol. The number of rotatable bonds is 4. The fourth-order valence-electron chi connectivity index (χ4n) is 2.17. The van der Waals surface area contributed by atoms with Crippen molar-refractivity contribution in [1.29, 1.82) is 0 Å². The number of thiophene rings is 2. The molecule has 0 fully saturated rings. The van der Waals surface area contributed by atoms with Gasteiger partial charge in [0.2, 0.25) is 0 Å². The van der Waals surface area contributed by atoms with E-state index in [2.05, 4.69) is 57.1 Å². The molecule has 23 heavy (non-hydrogen) atoms. The molecule has 0 bridgehead atoms. The number of aromatic nitrogens is 2. The van der Waals surface area contributed by atoms with Crippen LogP contribution in [0.1, 0.15) is 0 Å². The zero-order chi connectivity index (χ0) is 15.5. The van der Waals surface area contributed by atoms with Crippen molar-refractivity contribution in [2.75, 3.05) is 0 Å². The Morgan fingerprint density at radius 1 is 0.652 bits per heavy atom. The first-order chi connectivity index (χ1) is 11.4. The molecule has 0 aromatic carbocycles. The van der Waals surface area contributed by atoms with Crippen LogP contribution >= 0.6 is 22.7 Å².